The quantitative estimate of drug-likeness (QED) is 0.850. The van der Waals surface area contributed by atoms with Crippen molar-refractivity contribution in [3.05, 3.63) is 28.3 Å². The maximum atomic E-state index is 11.3. The molecule has 0 aliphatic carbocycles. The second kappa shape index (κ2) is 4.44. The predicted molar refractivity (Wildman–Crippen MR) is 65.9 cm³/mol. The monoisotopic (exact) mass is 238 g/mol. The van der Waals surface area contributed by atoms with Gasteiger partial charge in [0.1, 0.15) is 0 Å². The zero-order valence-corrected chi connectivity index (χ0v) is 10.2. The lowest BCUT2D eigenvalue weighted by atomic mass is 10.0. The highest BCUT2D eigenvalue weighted by Crippen LogP contribution is 2.33. The first-order valence-electron chi connectivity index (χ1n) is 5.45. The molecule has 1 aliphatic rings. The van der Waals surface area contributed by atoms with Gasteiger partial charge in [0.2, 0.25) is 5.91 Å². The van der Waals surface area contributed by atoms with Crippen LogP contribution in [-0.2, 0) is 11.2 Å². The highest BCUT2D eigenvalue weighted by atomic mass is 35.5. The second-order valence-corrected chi connectivity index (χ2v) is 4.41. The van der Waals surface area contributed by atoms with Crippen LogP contribution in [0, 0.1) is 0 Å². The van der Waals surface area contributed by atoms with E-state index < -0.39 is 0 Å². The molecular weight excluding hydrogens is 224 g/mol. The molecule has 1 aromatic rings. The Morgan fingerprint density at radius 2 is 2.31 bits per heavy atom. The minimum absolute atomic E-state index is 0.0423. The average Bonchev–Trinajstić information content (AvgIpc) is 2.59. The standard InChI is InChI=1S/C12H15ClN2O/c1-3-10(14-2)8-4-7-5-12(16)15-11(7)6-9(8)13/h4,6,10,14H,3,5H2,1-2H3,(H,15,16). The summed E-state index contributed by atoms with van der Waals surface area (Å²) in [5.41, 5.74) is 2.96. The Morgan fingerprint density at radius 3 is 2.94 bits per heavy atom. The van der Waals surface area contributed by atoms with Crippen LogP contribution in [0.3, 0.4) is 0 Å². The van der Waals surface area contributed by atoms with E-state index in [1.807, 2.05) is 19.2 Å². The van der Waals surface area contributed by atoms with Gasteiger partial charge in [0.15, 0.2) is 0 Å². The maximum Gasteiger partial charge on any atom is 0.228 e. The third-order valence-electron chi connectivity index (χ3n) is 2.98. The summed E-state index contributed by atoms with van der Waals surface area (Å²) in [5, 5.41) is 6.73. The molecule has 0 fully saturated rings. The van der Waals surface area contributed by atoms with Crippen LogP contribution in [0.25, 0.3) is 0 Å². The van der Waals surface area contributed by atoms with Crippen LogP contribution in [0.5, 0.6) is 0 Å². The van der Waals surface area contributed by atoms with Gasteiger partial charge in [0.05, 0.1) is 6.42 Å². The molecule has 0 saturated carbocycles. The van der Waals surface area contributed by atoms with Crippen molar-refractivity contribution in [3.8, 4) is 0 Å². The fourth-order valence-electron chi connectivity index (χ4n) is 2.11. The van der Waals surface area contributed by atoms with E-state index >= 15 is 0 Å². The zero-order valence-electron chi connectivity index (χ0n) is 9.43. The molecule has 1 unspecified atom stereocenters. The normalized spacial score (nSPS) is 15.8. The van der Waals surface area contributed by atoms with Crippen molar-refractivity contribution in [2.24, 2.45) is 0 Å². The molecule has 1 aromatic carbocycles. The SMILES string of the molecule is CCC(NC)c1cc2c(cc1Cl)NC(=O)C2. The molecule has 16 heavy (non-hydrogen) atoms. The van der Waals surface area contributed by atoms with Crippen molar-refractivity contribution in [2.45, 2.75) is 25.8 Å². The highest BCUT2D eigenvalue weighted by molar-refractivity contribution is 6.32. The van der Waals surface area contributed by atoms with E-state index in [9.17, 15) is 4.79 Å². The van der Waals surface area contributed by atoms with E-state index in [4.69, 9.17) is 11.6 Å². The Balaban J connectivity index is 2.41. The summed E-state index contributed by atoms with van der Waals surface area (Å²) in [7, 11) is 1.92. The number of rotatable bonds is 3. The molecule has 1 atom stereocenters. The molecule has 1 aliphatic heterocycles. The molecule has 4 heteroatoms. The lowest BCUT2D eigenvalue weighted by Gasteiger charge is -2.17. The Kier molecular flexibility index (Phi) is 3.17. The zero-order chi connectivity index (χ0) is 11.7. The first kappa shape index (κ1) is 11.4. The molecule has 1 amide bonds. The van der Waals surface area contributed by atoms with E-state index in [-0.39, 0.29) is 11.9 Å². The van der Waals surface area contributed by atoms with Gasteiger partial charge in [-0.2, -0.15) is 0 Å². The van der Waals surface area contributed by atoms with Crippen molar-refractivity contribution in [2.75, 3.05) is 12.4 Å². The Labute approximate surface area is 100 Å². The number of carbonyl (C=O) groups is 1. The number of halogens is 1. The Hall–Kier alpha value is -1.06. The van der Waals surface area contributed by atoms with Crippen LogP contribution in [0.15, 0.2) is 12.1 Å². The lowest BCUT2D eigenvalue weighted by Crippen LogP contribution is -2.15. The minimum Gasteiger partial charge on any atom is -0.325 e. The molecule has 0 spiro atoms. The van der Waals surface area contributed by atoms with E-state index in [2.05, 4.69) is 17.6 Å². The summed E-state index contributed by atoms with van der Waals surface area (Å²) < 4.78 is 0. The smallest absolute Gasteiger partial charge is 0.228 e. The van der Waals surface area contributed by atoms with E-state index in [1.165, 1.54) is 0 Å². The summed E-state index contributed by atoms with van der Waals surface area (Å²) in [6, 6.07) is 4.12. The van der Waals surface area contributed by atoms with Gasteiger partial charge in [0.25, 0.3) is 0 Å². The first-order valence-corrected chi connectivity index (χ1v) is 5.83. The van der Waals surface area contributed by atoms with E-state index in [0.717, 1.165) is 23.2 Å². The maximum absolute atomic E-state index is 11.3. The molecule has 86 valence electrons. The molecule has 0 radical (unpaired) electrons. The molecular formula is C12H15ClN2O. The summed E-state index contributed by atoms with van der Waals surface area (Å²) in [5.74, 6) is 0.0423. The molecule has 3 nitrogen and oxygen atoms in total. The van der Waals surface area contributed by atoms with Crippen molar-refractivity contribution in [3.63, 3.8) is 0 Å². The van der Waals surface area contributed by atoms with E-state index in [0.29, 0.717) is 11.4 Å². The number of hydrogen-bond acceptors (Lipinski definition) is 2. The third-order valence-corrected chi connectivity index (χ3v) is 3.31. The van der Waals surface area contributed by atoms with Crippen molar-refractivity contribution in [1.82, 2.24) is 5.32 Å². The van der Waals surface area contributed by atoms with Crippen LogP contribution in [0.4, 0.5) is 5.69 Å². The van der Waals surface area contributed by atoms with Gasteiger partial charge in [-0.05, 0) is 30.7 Å². The summed E-state index contributed by atoms with van der Waals surface area (Å²) in [6.07, 6.45) is 1.43. The van der Waals surface area contributed by atoms with Gasteiger partial charge in [-0.3, -0.25) is 4.79 Å². The first-order chi connectivity index (χ1) is 7.65. The molecule has 2 rings (SSSR count). The average molecular weight is 239 g/mol. The number of nitrogens with one attached hydrogen (secondary N) is 2. The summed E-state index contributed by atoms with van der Waals surface area (Å²) in [4.78, 5) is 11.3. The number of anilines is 1. The predicted octanol–water partition coefficient (Wildman–Crippen LogP) is 2.51. The lowest BCUT2D eigenvalue weighted by molar-refractivity contribution is -0.115. The van der Waals surface area contributed by atoms with E-state index in [1.54, 1.807) is 0 Å². The molecule has 1 heterocycles. The summed E-state index contributed by atoms with van der Waals surface area (Å²) >= 11 is 6.22. The fourth-order valence-corrected chi connectivity index (χ4v) is 2.41. The number of hydrogen-bond donors (Lipinski definition) is 2. The van der Waals surface area contributed by atoms with Gasteiger partial charge < -0.3 is 10.6 Å². The largest absolute Gasteiger partial charge is 0.325 e. The van der Waals surface area contributed by atoms with Gasteiger partial charge >= 0.3 is 0 Å². The van der Waals surface area contributed by atoms with Gasteiger partial charge in [-0.15, -0.1) is 0 Å². The summed E-state index contributed by atoms with van der Waals surface area (Å²) in [6.45, 7) is 2.11. The Morgan fingerprint density at radius 1 is 1.56 bits per heavy atom. The number of amides is 1. The number of benzene rings is 1. The third kappa shape index (κ3) is 1.93. The minimum atomic E-state index is 0.0423. The highest BCUT2D eigenvalue weighted by Gasteiger charge is 2.21. The van der Waals surface area contributed by atoms with Crippen LogP contribution in [0.2, 0.25) is 5.02 Å². The van der Waals surface area contributed by atoms with Crippen LogP contribution in [0.1, 0.15) is 30.5 Å². The fraction of sp³-hybridized carbons (Fsp3) is 0.417. The second-order valence-electron chi connectivity index (χ2n) is 4.01. The van der Waals surface area contributed by atoms with Crippen LogP contribution < -0.4 is 10.6 Å². The van der Waals surface area contributed by atoms with Crippen molar-refractivity contribution < 1.29 is 4.79 Å². The Bertz CT molecular complexity index is 427. The number of fused-ring (bicyclic) bond motifs is 1. The van der Waals surface area contributed by atoms with Gasteiger partial charge in [-0.25, -0.2) is 0 Å². The van der Waals surface area contributed by atoms with Crippen molar-refractivity contribution >= 4 is 23.2 Å². The van der Waals surface area contributed by atoms with Crippen molar-refractivity contribution in [1.29, 1.82) is 0 Å². The molecule has 0 bridgehead atoms. The molecule has 2 N–H and O–H groups in total. The number of carbonyl (C=O) groups excluding carboxylic acids is 1. The van der Waals surface area contributed by atoms with Crippen LogP contribution in [-0.4, -0.2) is 13.0 Å². The molecule has 0 aromatic heterocycles. The van der Waals surface area contributed by atoms with Crippen LogP contribution >= 0.6 is 11.6 Å². The van der Waals surface area contributed by atoms with Gasteiger partial charge in [0, 0.05) is 16.8 Å². The van der Waals surface area contributed by atoms with Gasteiger partial charge in [-0.1, -0.05) is 24.6 Å². The topological polar surface area (TPSA) is 41.1 Å². The molecule has 0 saturated heterocycles.